The number of nitrogens with zero attached hydrogens (tertiary/aromatic N) is 3. The Labute approximate surface area is 179 Å². The number of benzene rings is 2. The first-order valence-corrected chi connectivity index (χ1v) is 12.0. The minimum atomic E-state index is -4.10. The van der Waals surface area contributed by atoms with Gasteiger partial charge in [0.25, 0.3) is 5.69 Å². The van der Waals surface area contributed by atoms with Crippen LogP contribution in [0.4, 0.5) is 10.1 Å². The third kappa shape index (κ3) is 4.69. The lowest BCUT2D eigenvalue weighted by molar-refractivity contribution is -0.385. The van der Waals surface area contributed by atoms with Crippen LogP contribution in [0.5, 0.6) is 5.75 Å². The van der Waals surface area contributed by atoms with Gasteiger partial charge in [-0.1, -0.05) is 0 Å². The zero-order valence-corrected chi connectivity index (χ0v) is 18.1. The second-order valence-electron chi connectivity index (χ2n) is 6.71. The van der Waals surface area contributed by atoms with Crippen LogP contribution in [0.2, 0.25) is 0 Å². The molecule has 10 nitrogen and oxygen atoms in total. The fourth-order valence-corrected chi connectivity index (χ4v) is 6.30. The van der Waals surface area contributed by atoms with Crippen LogP contribution in [0.15, 0.2) is 52.3 Å². The molecule has 0 aliphatic carbocycles. The van der Waals surface area contributed by atoms with E-state index in [2.05, 4.69) is 0 Å². The molecule has 0 saturated carbocycles. The molecular weight excluding hydrogens is 453 g/mol. The van der Waals surface area contributed by atoms with E-state index in [0.717, 1.165) is 51.1 Å². The highest BCUT2D eigenvalue weighted by molar-refractivity contribution is 7.89. The molecule has 0 amide bonds. The number of hydrogen-bond acceptors (Lipinski definition) is 7. The molecule has 0 aromatic heterocycles. The van der Waals surface area contributed by atoms with Crippen molar-refractivity contribution in [2.45, 2.75) is 16.2 Å². The fourth-order valence-electron chi connectivity index (χ4n) is 3.23. The van der Waals surface area contributed by atoms with Gasteiger partial charge in [-0.25, -0.2) is 21.2 Å². The van der Waals surface area contributed by atoms with Gasteiger partial charge in [0.2, 0.25) is 20.0 Å². The van der Waals surface area contributed by atoms with Gasteiger partial charge in [-0.3, -0.25) is 10.1 Å². The van der Waals surface area contributed by atoms with E-state index in [-0.39, 0.29) is 53.8 Å². The van der Waals surface area contributed by atoms with Crippen molar-refractivity contribution in [3.8, 4) is 5.75 Å². The Hall–Kier alpha value is -2.61. The van der Waals surface area contributed by atoms with E-state index in [4.69, 9.17) is 4.74 Å². The molecule has 1 aliphatic heterocycles. The number of hydrogen-bond donors (Lipinski definition) is 0. The number of rotatable bonds is 6. The Morgan fingerprint density at radius 3 is 2.06 bits per heavy atom. The van der Waals surface area contributed by atoms with E-state index < -0.39 is 30.8 Å². The lowest BCUT2D eigenvalue weighted by Crippen LogP contribution is -2.37. The van der Waals surface area contributed by atoms with Crippen LogP contribution in [0.25, 0.3) is 0 Å². The van der Waals surface area contributed by atoms with Crippen molar-refractivity contribution < 1.29 is 30.9 Å². The first kappa shape index (κ1) is 23.1. The zero-order valence-electron chi connectivity index (χ0n) is 16.5. The summed E-state index contributed by atoms with van der Waals surface area (Å²) in [6, 6.07) is 7.60. The summed E-state index contributed by atoms with van der Waals surface area (Å²) in [5.41, 5.74) is -0.316. The Kier molecular flexibility index (Phi) is 6.59. The largest absolute Gasteiger partial charge is 0.495 e. The van der Waals surface area contributed by atoms with E-state index in [0.29, 0.717) is 0 Å². The van der Waals surface area contributed by atoms with Crippen LogP contribution >= 0.6 is 0 Å². The van der Waals surface area contributed by atoms with Crippen molar-refractivity contribution in [3.63, 3.8) is 0 Å². The summed E-state index contributed by atoms with van der Waals surface area (Å²) in [5.74, 6) is -0.738. The maximum Gasteiger partial charge on any atom is 0.273 e. The van der Waals surface area contributed by atoms with Gasteiger partial charge in [-0.05, 0) is 36.8 Å². The molecule has 0 atom stereocenters. The van der Waals surface area contributed by atoms with Crippen LogP contribution < -0.4 is 4.74 Å². The Morgan fingerprint density at radius 1 is 0.935 bits per heavy atom. The Bertz CT molecular complexity index is 1190. The molecule has 168 valence electrons. The number of nitro benzene ring substituents is 1. The van der Waals surface area contributed by atoms with Crippen molar-refractivity contribution in [1.82, 2.24) is 8.61 Å². The first-order valence-electron chi connectivity index (χ1n) is 9.15. The topological polar surface area (TPSA) is 127 Å². The predicted molar refractivity (Wildman–Crippen MR) is 108 cm³/mol. The van der Waals surface area contributed by atoms with Crippen molar-refractivity contribution >= 4 is 25.7 Å². The highest BCUT2D eigenvalue weighted by Crippen LogP contribution is 2.31. The molecule has 1 aliphatic rings. The summed E-state index contributed by atoms with van der Waals surface area (Å²) < 4.78 is 72.4. The molecule has 3 rings (SSSR count). The number of sulfonamides is 2. The Morgan fingerprint density at radius 2 is 1.52 bits per heavy atom. The number of non-ortho nitro benzene ring substituents is 1. The lowest BCUT2D eigenvalue weighted by atomic mass is 10.3. The normalized spacial score (nSPS) is 16.6. The van der Waals surface area contributed by atoms with Crippen LogP contribution in [0.3, 0.4) is 0 Å². The third-order valence-electron chi connectivity index (χ3n) is 4.84. The molecule has 0 radical (unpaired) electrons. The van der Waals surface area contributed by atoms with Crippen molar-refractivity contribution in [2.24, 2.45) is 0 Å². The SMILES string of the molecule is COc1cc([N+](=O)[O-])ccc1S(=O)(=O)N1CCCN(S(=O)(=O)c2ccc(F)cc2)CC1. The van der Waals surface area contributed by atoms with Gasteiger partial charge in [0.15, 0.2) is 0 Å². The highest BCUT2D eigenvalue weighted by atomic mass is 32.2. The van der Waals surface area contributed by atoms with Gasteiger partial charge in [0, 0.05) is 32.2 Å². The molecular formula is C18H20FN3O7S2. The summed E-state index contributed by atoms with van der Waals surface area (Å²) in [5, 5.41) is 10.9. The third-order valence-corrected chi connectivity index (χ3v) is 8.69. The second kappa shape index (κ2) is 8.86. The molecule has 13 heteroatoms. The summed E-state index contributed by atoms with van der Waals surface area (Å²) in [7, 11) is -6.81. The number of ether oxygens (including phenoxy) is 1. The summed E-state index contributed by atoms with van der Waals surface area (Å²) >= 11 is 0. The van der Waals surface area contributed by atoms with E-state index >= 15 is 0 Å². The molecule has 2 aromatic rings. The minimum Gasteiger partial charge on any atom is -0.495 e. The standard InChI is InChI=1S/C18H20FN3O7S2/c1-29-17-13-15(22(23)24)5-8-18(17)31(27,28)21-10-2-9-20(11-12-21)30(25,26)16-6-3-14(19)4-7-16/h3-8,13H,2,9-12H2,1H3. The van der Waals surface area contributed by atoms with Gasteiger partial charge < -0.3 is 4.74 Å². The summed E-state index contributed by atoms with van der Waals surface area (Å²) in [4.78, 5) is 9.96. The molecule has 0 unspecified atom stereocenters. The van der Waals surface area contributed by atoms with Crippen LogP contribution in [-0.2, 0) is 20.0 Å². The van der Waals surface area contributed by atoms with Gasteiger partial charge >= 0.3 is 0 Å². The van der Waals surface area contributed by atoms with E-state index in [9.17, 15) is 31.3 Å². The van der Waals surface area contributed by atoms with Gasteiger partial charge in [0.05, 0.1) is 23.0 Å². The Balaban J connectivity index is 1.85. The van der Waals surface area contributed by atoms with E-state index in [1.807, 2.05) is 0 Å². The maximum absolute atomic E-state index is 13.1. The maximum atomic E-state index is 13.1. The molecule has 2 aromatic carbocycles. The zero-order chi connectivity index (χ0) is 22.8. The average Bonchev–Trinajstić information content (AvgIpc) is 3.01. The fraction of sp³-hybridized carbons (Fsp3) is 0.333. The molecule has 1 heterocycles. The van der Waals surface area contributed by atoms with E-state index in [1.165, 1.54) is 7.11 Å². The minimum absolute atomic E-state index is 0.0535. The van der Waals surface area contributed by atoms with Gasteiger partial charge in [-0.2, -0.15) is 8.61 Å². The second-order valence-corrected chi connectivity index (χ2v) is 10.6. The predicted octanol–water partition coefficient (Wildman–Crippen LogP) is 1.83. The molecule has 0 spiro atoms. The number of halogens is 1. The van der Waals surface area contributed by atoms with Crippen molar-refractivity contribution in [2.75, 3.05) is 33.3 Å². The van der Waals surface area contributed by atoms with Crippen LogP contribution in [-0.4, -0.2) is 63.7 Å². The smallest absolute Gasteiger partial charge is 0.273 e. The number of nitro groups is 1. The number of methoxy groups -OCH3 is 1. The molecule has 0 N–H and O–H groups in total. The molecule has 0 bridgehead atoms. The molecule has 31 heavy (non-hydrogen) atoms. The average molecular weight is 474 g/mol. The summed E-state index contributed by atoms with van der Waals surface area (Å²) in [6.07, 6.45) is 0.231. The highest BCUT2D eigenvalue weighted by Gasteiger charge is 2.33. The van der Waals surface area contributed by atoms with Crippen molar-refractivity contribution in [3.05, 3.63) is 58.4 Å². The summed E-state index contributed by atoms with van der Waals surface area (Å²) in [6.45, 7) is -0.0851. The first-order chi connectivity index (χ1) is 14.6. The molecule has 1 fully saturated rings. The van der Waals surface area contributed by atoms with Crippen LogP contribution in [0.1, 0.15) is 6.42 Å². The van der Waals surface area contributed by atoms with Crippen molar-refractivity contribution in [1.29, 1.82) is 0 Å². The monoisotopic (exact) mass is 473 g/mol. The van der Waals surface area contributed by atoms with Gasteiger partial charge in [-0.15, -0.1) is 0 Å². The molecule has 1 saturated heterocycles. The van der Waals surface area contributed by atoms with Crippen LogP contribution in [0, 0.1) is 15.9 Å². The lowest BCUT2D eigenvalue weighted by Gasteiger charge is -2.22. The van der Waals surface area contributed by atoms with Gasteiger partial charge in [0.1, 0.15) is 16.5 Å². The van der Waals surface area contributed by atoms with E-state index in [1.54, 1.807) is 0 Å². The quantitative estimate of drug-likeness (QED) is 0.463.